The standard InChI is InChI=1S/C16H17BrN2O2/c1-21-13-6-4-5-12(11-13)9-10-18-16(20)19-15-8-3-2-7-14(15)17/h2-8,11H,9-10H2,1H3,(H2,18,19,20). The molecule has 2 rings (SSSR count). The summed E-state index contributed by atoms with van der Waals surface area (Å²) in [5.41, 5.74) is 1.87. The third-order valence-corrected chi connectivity index (χ3v) is 3.65. The van der Waals surface area contributed by atoms with E-state index in [0.717, 1.165) is 27.9 Å². The van der Waals surface area contributed by atoms with E-state index < -0.39 is 0 Å². The van der Waals surface area contributed by atoms with Crippen LogP contribution in [0.1, 0.15) is 5.56 Å². The summed E-state index contributed by atoms with van der Waals surface area (Å²) < 4.78 is 6.02. The van der Waals surface area contributed by atoms with Gasteiger partial charge in [0, 0.05) is 11.0 Å². The van der Waals surface area contributed by atoms with Crippen molar-refractivity contribution in [3.05, 3.63) is 58.6 Å². The Hall–Kier alpha value is -2.01. The number of carbonyl (C=O) groups is 1. The largest absolute Gasteiger partial charge is 0.497 e. The Morgan fingerprint density at radius 3 is 2.76 bits per heavy atom. The molecule has 5 heteroatoms. The molecule has 0 aromatic heterocycles. The van der Waals surface area contributed by atoms with Crippen LogP contribution in [0.4, 0.5) is 10.5 Å². The van der Waals surface area contributed by atoms with Crippen LogP contribution in [0.15, 0.2) is 53.0 Å². The number of urea groups is 1. The molecule has 0 heterocycles. The van der Waals surface area contributed by atoms with E-state index in [-0.39, 0.29) is 6.03 Å². The summed E-state index contributed by atoms with van der Waals surface area (Å²) in [7, 11) is 1.64. The molecule has 0 atom stereocenters. The number of methoxy groups -OCH3 is 1. The molecule has 110 valence electrons. The van der Waals surface area contributed by atoms with E-state index in [4.69, 9.17) is 4.74 Å². The van der Waals surface area contributed by atoms with E-state index in [9.17, 15) is 4.79 Å². The topological polar surface area (TPSA) is 50.4 Å². The zero-order valence-corrected chi connectivity index (χ0v) is 13.3. The van der Waals surface area contributed by atoms with Crippen molar-refractivity contribution in [3.8, 4) is 5.75 Å². The van der Waals surface area contributed by atoms with Crippen LogP contribution >= 0.6 is 15.9 Å². The summed E-state index contributed by atoms with van der Waals surface area (Å²) in [5, 5.41) is 5.63. The van der Waals surface area contributed by atoms with Gasteiger partial charge in [-0.05, 0) is 52.2 Å². The van der Waals surface area contributed by atoms with Gasteiger partial charge in [-0.25, -0.2) is 4.79 Å². The number of halogens is 1. The second kappa shape index (κ2) is 7.69. The quantitative estimate of drug-likeness (QED) is 0.862. The number of benzene rings is 2. The van der Waals surface area contributed by atoms with Crippen molar-refractivity contribution in [2.45, 2.75) is 6.42 Å². The van der Waals surface area contributed by atoms with Crippen LogP contribution in [0.3, 0.4) is 0 Å². The first kappa shape index (κ1) is 15.4. The minimum Gasteiger partial charge on any atom is -0.497 e. The molecular formula is C16H17BrN2O2. The Bertz CT molecular complexity index is 617. The number of rotatable bonds is 5. The minimum absolute atomic E-state index is 0.218. The summed E-state index contributed by atoms with van der Waals surface area (Å²) in [5.74, 6) is 0.824. The summed E-state index contributed by atoms with van der Waals surface area (Å²) >= 11 is 3.39. The van der Waals surface area contributed by atoms with Gasteiger partial charge >= 0.3 is 6.03 Å². The van der Waals surface area contributed by atoms with Crippen LogP contribution in [0.5, 0.6) is 5.75 Å². The van der Waals surface area contributed by atoms with Gasteiger partial charge in [0.15, 0.2) is 0 Å². The lowest BCUT2D eigenvalue weighted by Gasteiger charge is -2.09. The van der Waals surface area contributed by atoms with Crippen LogP contribution in [-0.4, -0.2) is 19.7 Å². The van der Waals surface area contributed by atoms with Gasteiger partial charge in [0.05, 0.1) is 12.8 Å². The van der Waals surface area contributed by atoms with E-state index in [0.29, 0.717) is 6.54 Å². The number of nitrogens with one attached hydrogen (secondary N) is 2. The lowest BCUT2D eigenvalue weighted by Crippen LogP contribution is -2.30. The summed E-state index contributed by atoms with van der Waals surface area (Å²) in [6.07, 6.45) is 0.751. The maximum Gasteiger partial charge on any atom is 0.319 e. The molecule has 0 aliphatic rings. The number of hydrogen-bond donors (Lipinski definition) is 2. The van der Waals surface area contributed by atoms with Crippen molar-refractivity contribution in [2.24, 2.45) is 0 Å². The van der Waals surface area contributed by atoms with E-state index in [1.165, 1.54) is 0 Å². The molecule has 0 saturated heterocycles. The minimum atomic E-state index is -0.218. The summed E-state index contributed by atoms with van der Waals surface area (Å²) in [6, 6.07) is 15.1. The Morgan fingerprint density at radius 2 is 2.00 bits per heavy atom. The molecule has 21 heavy (non-hydrogen) atoms. The first-order chi connectivity index (χ1) is 10.2. The predicted octanol–water partition coefficient (Wildman–Crippen LogP) is 3.82. The molecule has 0 aliphatic heterocycles. The molecule has 0 fully saturated rings. The highest BCUT2D eigenvalue weighted by atomic mass is 79.9. The molecule has 2 amide bonds. The highest BCUT2D eigenvalue weighted by molar-refractivity contribution is 9.10. The van der Waals surface area contributed by atoms with Crippen molar-refractivity contribution in [1.82, 2.24) is 5.32 Å². The SMILES string of the molecule is COc1cccc(CCNC(=O)Nc2ccccc2Br)c1. The Balaban J connectivity index is 1.80. The fourth-order valence-electron chi connectivity index (χ4n) is 1.88. The Kier molecular flexibility index (Phi) is 5.63. The summed E-state index contributed by atoms with van der Waals surface area (Å²) in [4.78, 5) is 11.8. The van der Waals surface area contributed by atoms with Crippen LogP contribution < -0.4 is 15.4 Å². The van der Waals surface area contributed by atoms with Crippen molar-refractivity contribution in [1.29, 1.82) is 0 Å². The number of anilines is 1. The lowest BCUT2D eigenvalue weighted by atomic mass is 10.1. The number of ether oxygens (including phenoxy) is 1. The summed E-state index contributed by atoms with van der Waals surface area (Å²) in [6.45, 7) is 0.559. The van der Waals surface area contributed by atoms with E-state index >= 15 is 0 Å². The highest BCUT2D eigenvalue weighted by Crippen LogP contribution is 2.20. The van der Waals surface area contributed by atoms with Gasteiger partial charge < -0.3 is 15.4 Å². The van der Waals surface area contributed by atoms with Crippen molar-refractivity contribution in [3.63, 3.8) is 0 Å². The maximum atomic E-state index is 11.8. The molecule has 0 radical (unpaired) electrons. The van der Waals surface area contributed by atoms with Gasteiger partial charge in [-0.1, -0.05) is 24.3 Å². The fourth-order valence-corrected chi connectivity index (χ4v) is 2.26. The van der Waals surface area contributed by atoms with E-state index in [1.807, 2.05) is 48.5 Å². The van der Waals surface area contributed by atoms with Crippen molar-refractivity contribution in [2.75, 3.05) is 19.0 Å². The Morgan fingerprint density at radius 1 is 1.19 bits per heavy atom. The van der Waals surface area contributed by atoms with Crippen molar-refractivity contribution >= 4 is 27.6 Å². The first-order valence-corrected chi connectivity index (χ1v) is 7.40. The monoisotopic (exact) mass is 348 g/mol. The molecule has 0 saturated carbocycles. The van der Waals surface area contributed by atoms with E-state index in [2.05, 4.69) is 26.6 Å². The third-order valence-electron chi connectivity index (χ3n) is 2.96. The second-order valence-corrected chi connectivity index (χ2v) is 5.32. The fraction of sp³-hybridized carbons (Fsp3) is 0.188. The van der Waals surface area contributed by atoms with Crippen LogP contribution in [0.25, 0.3) is 0 Å². The molecule has 2 aromatic carbocycles. The average Bonchev–Trinajstić information content (AvgIpc) is 2.50. The highest BCUT2D eigenvalue weighted by Gasteiger charge is 2.04. The van der Waals surface area contributed by atoms with Gasteiger partial charge in [-0.2, -0.15) is 0 Å². The van der Waals surface area contributed by atoms with Crippen LogP contribution in [0, 0.1) is 0 Å². The molecule has 0 bridgehead atoms. The molecular weight excluding hydrogens is 332 g/mol. The number of para-hydroxylation sites is 1. The lowest BCUT2D eigenvalue weighted by molar-refractivity contribution is 0.252. The van der Waals surface area contributed by atoms with Crippen molar-refractivity contribution < 1.29 is 9.53 Å². The number of carbonyl (C=O) groups excluding carboxylic acids is 1. The number of amides is 2. The molecule has 0 spiro atoms. The predicted molar refractivity (Wildman–Crippen MR) is 87.9 cm³/mol. The normalized spacial score (nSPS) is 10.0. The molecule has 2 N–H and O–H groups in total. The Labute approximate surface area is 132 Å². The molecule has 0 unspecified atom stereocenters. The van der Waals surface area contributed by atoms with Gasteiger partial charge in [0.1, 0.15) is 5.75 Å². The second-order valence-electron chi connectivity index (χ2n) is 4.46. The molecule has 4 nitrogen and oxygen atoms in total. The van der Waals surface area contributed by atoms with Crippen LogP contribution in [-0.2, 0) is 6.42 Å². The van der Waals surface area contributed by atoms with Gasteiger partial charge in [0.2, 0.25) is 0 Å². The average molecular weight is 349 g/mol. The smallest absolute Gasteiger partial charge is 0.319 e. The van der Waals surface area contributed by atoms with Crippen LogP contribution in [0.2, 0.25) is 0 Å². The van der Waals surface area contributed by atoms with Gasteiger partial charge in [-0.3, -0.25) is 0 Å². The zero-order chi connectivity index (χ0) is 15.1. The first-order valence-electron chi connectivity index (χ1n) is 6.61. The molecule has 0 aliphatic carbocycles. The third kappa shape index (κ3) is 4.79. The number of hydrogen-bond acceptors (Lipinski definition) is 2. The van der Waals surface area contributed by atoms with Gasteiger partial charge in [0.25, 0.3) is 0 Å². The van der Waals surface area contributed by atoms with E-state index in [1.54, 1.807) is 7.11 Å². The van der Waals surface area contributed by atoms with Gasteiger partial charge in [-0.15, -0.1) is 0 Å². The maximum absolute atomic E-state index is 11.8. The zero-order valence-electron chi connectivity index (χ0n) is 11.7. The molecule has 2 aromatic rings.